The molecule has 1 aromatic heterocycles. The maximum absolute atomic E-state index is 13.3. The van der Waals surface area contributed by atoms with Crippen molar-refractivity contribution in [2.45, 2.75) is 45.6 Å². The molecule has 0 radical (unpaired) electrons. The fraction of sp³-hybridized carbons (Fsp3) is 0.276. The molecule has 180 valence electrons. The van der Waals surface area contributed by atoms with Crippen molar-refractivity contribution >= 4 is 23.1 Å². The van der Waals surface area contributed by atoms with Crippen LogP contribution in [-0.2, 0) is 15.0 Å². The third kappa shape index (κ3) is 4.83. The molecule has 4 rings (SSSR count). The van der Waals surface area contributed by atoms with Crippen LogP contribution in [0.4, 0.5) is 5.69 Å². The van der Waals surface area contributed by atoms with E-state index in [4.69, 9.17) is 4.74 Å². The fourth-order valence-corrected chi connectivity index (χ4v) is 4.15. The van der Waals surface area contributed by atoms with Crippen LogP contribution in [0.25, 0.3) is 5.76 Å². The lowest BCUT2D eigenvalue weighted by atomic mass is 9.87. The second-order valence-electron chi connectivity index (χ2n) is 9.60. The van der Waals surface area contributed by atoms with Gasteiger partial charge in [-0.25, -0.2) is 0 Å². The summed E-state index contributed by atoms with van der Waals surface area (Å²) < 4.78 is 5.69. The van der Waals surface area contributed by atoms with Gasteiger partial charge in [0.25, 0.3) is 11.7 Å². The number of carbonyl (C=O) groups is 2. The highest BCUT2D eigenvalue weighted by Crippen LogP contribution is 2.42. The van der Waals surface area contributed by atoms with Crippen molar-refractivity contribution in [1.82, 2.24) is 4.98 Å². The topological polar surface area (TPSA) is 79.7 Å². The molecule has 6 nitrogen and oxygen atoms in total. The lowest BCUT2D eigenvalue weighted by molar-refractivity contribution is -0.132. The second-order valence-corrected chi connectivity index (χ2v) is 9.60. The number of hydrogen-bond acceptors (Lipinski definition) is 5. The number of Topliss-reactive ketones (excluding diaryl/α,β-unsaturated/α-hetero) is 1. The standard InChI is InChI=1S/C29H30N2O4/c1-5-17-35-22-10-8-9-19(18-22)26(32)24-25(23-11-6-7-16-30-23)31(28(34)27(24)33)21-14-12-20(13-15-21)29(2,3)4/h6-16,18,25,32H,5,17H2,1-4H3/b26-24+. The molecular weight excluding hydrogens is 440 g/mol. The van der Waals surface area contributed by atoms with Crippen LogP contribution in [-0.4, -0.2) is 28.4 Å². The van der Waals surface area contributed by atoms with E-state index in [1.807, 2.05) is 31.2 Å². The summed E-state index contributed by atoms with van der Waals surface area (Å²) in [5.74, 6) is -1.13. The van der Waals surface area contributed by atoms with Gasteiger partial charge in [0.05, 0.1) is 17.9 Å². The summed E-state index contributed by atoms with van der Waals surface area (Å²) in [5.41, 5.74) is 2.51. The first-order valence-electron chi connectivity index (χ1n) is 11.8. The molecule has 2 heterocycles. The van der Waals surface area contributed by atoms with E-state index >= 15 is 0 Å². The average molecular weight is 471 g/mol. The van der Waals surface area contributed by atoms with Crippen molar-refractivity contribution in [2.75, 3.05) is 11.5 Å². The van der Waals surface area contributed by atoms with Gasteiger partial charge in [0, 0.05) is 17.4 Å². The fourth-order valence-electron chi connectivity index (χ4n) is 4.15. The number of amides is 1. The van der Waals surface area contributed by atoms with Gasteiger partial charge in [-0.05, 0) is 53.8 Å². The third-order valence-electron chi connectivity index (χ3n) is 6.00. The molecule has 0 bridgehead atoms. The monoisotopic (exact) mass is 470 g/mol. The summed E-state index contributed by atoms with van der Waals surface area (Å²) in [7, 11) is 0. The van der Waals surface area contributed by atoms with Crippen LogP contribution in [0.1, 0.15) is 57.0 Å². The van der Waals surface area contributed by atoms with Crippen LogP contribution in [0.5, 0.6) is 5.75 Å². The molecule has 1 amide bonds. The number of benzene rings is 2. The molecule has 1 unspecified atom stereocenters. The summed E-state index contributed by atoms with van der Waals surface area (Å²) >= 11 is 0. The van der Waals surface area contributed by atoms with Crippen LogP contribution in [0.3, 0.4) is 0 Å². The minimum absolute atomic E-state index is 0.00115. The van der Waals surface area contributed by atoms with Crippen molar-refractivity contribution in [3.05, 3.63) is 95.3 Å². The number of hydrogen-bond donors (Lipinski definition) is 1. The zero-order chi connectivity index (χ0) is 25.2. The highest BCUT2D eigenvalue weighted by atomic mass is 16.5. The molecule has 1 aliphatic heterocycles. The normalized spacial score (nSPS) is 17.6. The van der Waals surface area contributed by atoms with Crippen LogP contribution in [0, 0.1) is 0 Å². The van der Waals surface area contributed by atoms with Gasteiger partial charge >= 0.3 is 0 Å². The lowest BCUT2D eigenvalue weighted by Gasteiger charge is -2.26. The first-order chi connectivity index (χ1) is 16.7. The Bertz CT molecular complexity index is 1260. The predicted octanol–water partition coefficient (Wildman–Crippen LogP) is 5.79. The molecule has 0 saturated carbocycles. The van der Waals surface area contributed by atoms with Gasteiger partial charge in [-0.2, -0.15) is 0 Å². The van der Waals surface area contributed by atoms with Gasteiger partial charge in [0.1, 0.15) is 17.6 Å². The van der Waals surface area contributed by atoms with Gasteiger partial charge in [0.15, 0.2) is 0 Å². The SMILES string of the molecule is CCCOc1cccc(/C(O)=C2\C(=O)C(=O)N(c3ccc(C(C)(C)C)cc3)C2c2ccccn2)c1. The first kappa shape index (κ1) is 24.2. The number of aliphatic hydroxyl groups excluding tert-OH is 1. The number of ketones is 1. The average Bonchev–Trinajstić information content (AvgIpc) is 3.13. The van der Waals surface area contributed by atoms with E-state index in [1.165, 1.54) is 4.90 Å². The summed E-state index contributed by atoms with van der Waals surface area (Å²) in [6, 6.07) is 18.9. The quantitative estimate of drug-likeness (QED) is 0.280. The van der Waals surface area contributed by atoms with Crippen LogP contribution >= 0.6 is 0 Å². The molecule has 2 aromatic carbocycles. The van der Waals surface area contributed by atoms with E-state index in [-0.39, 0.29) is 16.7 Å². The Balaban J connectivity index is 1.85. The summed E-state index contributed by atoms with van der Waals surface area (Å²) in [6.45, 7) is 8.88. The van der Waals surface area contributed by atoms with Crippen molar-refractivity contribution in [3.63, 3.8) is 0 Å². The second kappa shape index (κ2) is 9.74. The molecular formula is C29H30N2O4. The van der Waals surface area contributed by atoms with E-state index in [9.17, 15) is 14.7 Å². The maximum Gasteiger partial charge on any atom is 0.300 e. The highest BCUT2D eigenvalue weighted by molar-refractivity contribution is 6.51. The van der Waals surface area contributed by atoms with E-state index in [1.54, 1.807) is 48.7 Å². The third-order valence-corrected chi connectivity index (χ3v) is 6.00. The Morgan fingerprint density at radius 1 is 1.03 bits per heavy atom. The van der Waals surface area contributed by atoms with E-state index in [2.05, 4.69) is 25.8 Å². The number of aromatic nitrogens is 1. The van der Waals surface area contributed by atoms with Crippen LogP contribution in [0.2, 0.25) is 0 Å². The van der Waals surface area contributed by atoms with Gasteiger partial charge < -0.3 is 9.84 Å². The summed E-state index contributed by atoms with van der Waals surface area (Å²) in [6.07, 6.45) is 2.45. The number of carbonyl (C=O) groups excluding carboxylic acids is 2. The van der Waals surface area contributed by atoms with Gasteiger partial charge in [-0.1, -0.05) is 58.0 Å². The molecule has 6 heteroatoms. The van der Waals surface area contributed by atoms with E-state index < -0.39 is 17.7 Å². The number of aliphatic hydroxyl groups is 1. The highest BCUT2D eigenvalue weighted by Gasteiger charge is 2.47. The minimum atomic E-state index is -0.864. The van der Waals surface area contributed by atoms with E-state index in [0.29, 0.717) is 29.3 Å². The van der Waals surface area contributed by atoms with Gasteiger partial charge in [-0.3, -0.25) is 19.5 Å². The molecule has 0 aliphatic carbocycles. The van der Waals surface area contributed by atoms with Gasteiger partial charge in [-0.15, -0.1) is 0 Å². The van der Waals surface area contributed by atoms with Crippen LogP contribution < -0.4 is 9.64 Å². The van der Waals surface area contributed by atoms with Crippen molar-refractivity contribution in [3.8, 4) is 5.75 Å². The zero-order valence-corrected chi connectivity index (χ0v) is 20.5. The molecule has 1 fully saturated rings. The number of anilines is 1. The van der Waals surface area contributed by atoms with Crippen molar-refractivity contribution in [1.29, 1.82) is 0 Å². The Hall–Kier alpha value is -3.93. The predicted molar refractivity (Wildman–Crippen MR) is 136 cm³/mol. The van der Waals surface area contributed by atoms with Crippen molar-refractivity contribution < 1.29 is 19.4 Å². The Morgan fingerprint density at radius 2 is 1.77 bits per heavy atom. The largest absolute Gasteiger partial charge is 0.507 e. The minimum Gasteiger partial charge on any atom is -0.507 e. The zero-order valence-electron chi connectivity index (χ0n) is 20.5. The first-order valence-corrected chi connectivity index (χ1v) is 11.8. The summed E-state index contributed by atoms with van der Waals surface area (Å²) in [5, 5.41) is 11.3. The molecule has 1 aliphatic rings. The molecule has 35 heavy (non-hydrogen) atoms. The smallest absolute Gasteiger partial charge is 0.300 e. The Morgan fingerprint density at radius 3 is 2.40 bits per heavy atom. The number of pyridine rings is 1. The number of ether oxygens (including phenoxy) is 1. The molecule has 1 N–H and O–H groups in total. The molecule has 0 spiro atoms. The molecule has 1 saturated heterocycles. The maximum atomic E-state index is 13.3. The lowest BCUT2D eigenvalue weighted by Crippen LogP contribution is -2.30. The summed E-state index contributed by atoms with van der Waals surface area (Å²) in [4.78, 5) is 32.5. The number of nitrogens with zero attached hydrogens (tertiary/aromatic N) is 2. The van der Waals surface area contributed by atoms with Crippen molar-refractivity contribution in [2.24, 2.45) is 0 Å². The van der Waals surface area contributed by atoms with Crippen LogP contribution in [0.15, 0.2) is 78.5 Å². The number of rotatable bonds is 6. The molecule has 1 atom stereocenters. The van der Waals surface area contributed by atoms with E-state index in [0.717, 1.165) is 12.0 Å². The van der Waals surface area contributed by atoms with Gasteiger partial charge in [0.2, 0.25) is 0 Å². The molecule has 3 aromatic rings. The Kier molecular flexibility index (Phi) is 6.74. The Labute approximate surface area is 205 Å².